The molecular weight excluding hydrogens is 483 g/mol. The molecule has 3 aromatic rings. The van der Waals surface area contributed by atoms with Crippen molar-refractivity contribution in [2.24, 2.45) is 5.14 Å². The van der Waals surface area contributed by atoms with Crippen LogP contribution >= 0.6 is 34.8 Å². The van der Waals surface area contributed by atoms with E-state index in [4.69, 9.17) is 49.4 Å². The van der Waals surface area contributed by atoms with Gasteiger partial charge in [-0.3, -0.25) is 0 Å². The maximum absolute atomic E-state index is 11.3. The lowest BCUT2D eigenvalue weighted by Gasteiger charge is -2.15. The van der Waals surface area contributed by atoms with Gasteiger partial charge in [-0.2, -0.15) is 0 Å². The number of nitrogens with two attached hydrogens (primary N) is 1. The molecule has 31 heavy (non-hydrogen) atoms. The fourth-order valence-corrected chi connectivity index (χ4v) is 3.79. The van der Waals surface area contributed by atoms with Gasteiger partial charge in [0.2, 0.25) is 10.0 Å². The predicted octanol–water partition coefficient (Wildman–Crippen LogP) is 5.49. The van der Waals surface area contributed by atoms with E-state index < -0.39 is 10.0 Å². The number of anilines is 1. The molecule has 3 N–H and O–H groups in total. The molecule has 0 amide bonds. The van der Waals surface area contributed by atoms with E-state index in [0.29, 0.717) is 38.8 Å². The number of rotatable bonds is 8. The highest BCUT2D eigenvalue weighted by Gasteiger charge is 2.12. The van der Waals surface area contributed by atoms with Crippen LogP contribution in [0.2, 0.25) is 15.1 Å². The lowest BCUT2D eigenvalue weighted by atomic mass is 10.2. The van der Waals surface area contributed by atoms with Gasteiger partial charge in [-0.15, -0.1) is 0 Å². The average molecular weight is 502 g/mol. The molecular formula is C21H19Cl3N2O4S. The topological polar surface area (TPSA) is 90.6 Å². The average Bonchev–Trinajstić information content (AvgIpc) is 2.73. The van der Waals surface area contributed by atoms with Gasteiger partial charge in [-0.05, 0) is 53.6 Å². The highest BCUT2D eigenvalue weighted by atomic mass is 35.5. The molecule has 0 aliphatic heterocycles. The third-order valence-electron chi connectivity index (χ3n) is 4.38. The summed E-state index contributed by atoms with van der Waals surface area (Å²) in [6.45, 7) is 0.647. The number of methoxy groups -OCH3 is 1. The van der Waals surface area contributed by atoms with Crippen LogP contribution in [-0.4, -0.2) is 15.5 Å². The lowest BCUT2D eigenvalue weighted by Crippen LogP contribution is -2.12. The molecule has 0 saturated heterocycles. The second-order valence-electron chi connectivity index (χ2n) is 6.55. The van der Waals surface area contributed by atoms with E-state index in [1.165, 1.54) is 12.1 Å². The van der Waals surface area contributed by atoms with Gasteiger partial charge in [-0.25, -0.2) is 13.6 Å². The standard InChI is InChI=1S/C21H19Cl3N2O4S/c1-29-20-9-14(11-26-15-3-5-16(6-4-15)31(25,27)28)18(23)10-21(20)30-12-13-2-7-17(22)19(24)8-13/h2-10,26H,11-12H2,1H3,(H2,25,27,28). The van der Waals surface area contributed by atoms with E-state index in [1.54, 1.807) is 43.5 Å². The van der Waals surface area contributed by atoms with Crippen molar-refractivity contribution in [3.63, 3.8) is 0 Å². The van der Waals surface area contributed by atoms with E-state index in [2.05, 4.69) is 5.32 Å². The fraction of sp³-hybridized carbons (Fsp3) is 0.143. The smallest absolute Gasteiger partial charge is 0.238 e. The van der Waals surface area contributed by atoms with E-state index in [0.717, 1.165) is 11.1 Å². The number of hydrogen-bond acceptors (Lipinski definition) is 5. The molecule has 164 valence electrons. The molecule has 0 saturated carbocycles. The molecule has 0 fully saturated rings. The quantitative estimate of drug-likeness (QED) is 0.426. The minimum absolute atomic E-state index is 0.0428. The number of benzene rings is 3. The van der Waals surface area contributed by atoms with E-state index in [1.807, 2.05) is 6.07 Å². The van der Waals surface area contributed by atoms with Gasteiger partial charge in [0.1, 0.15) is 6.61 Å². The molecule has 10 heteroatoms. The zero-order chi connectivity index (χ0) is 22.6. The summed E-state index contributed by atoms with van der Waals surface area (Å²) in [7, 11) is -2.19. The van der Waals surface area contributed by atoms with Crippen LogP contribution in [0.25, 0.3) is 0 Å². The Labute approximate surface area is 195 Å². The second kappa shape index (κ2) is 9.97. The summed E-state index contributed by atoms with van der Waals surface area (Å²) in [5.74, 6) is 1.01. The van der Waals surface area contributed by atoms with Crippen molar-refractivity contribution in [2.45, 2.75) is 18.0 Å². The Morgan fingerprint density at radius 3 is 2.23 bits per heavy atom. The van der Waals surface area contributed by atoms with Crippen LogP contribution in [0.4, 0.5) is 5.69 Å². The maximum atomic E-state index is 11.3. The van der Waals surface area contributed by atoms with Gasteiger partial charge in [0.25, 0.3) is 0 Å². The molecule has 0 aliphatic carbocycles. The van der Waals surface area contributed by atoms with Crippen molar-refractivity contribution < 1.29 is 17.9 Å². The molecule has 0 atom stereocenters. The van der Waals surface area contributed by atoms with Crippen molar-refractivity contribution >= 4 is 50.5 Å². The van der Waals surface area contributed by atoms with E-state index in [-0.39, 0.29) is 11.5 Å². The first-order valence-corrected chi connectivity index (χ1v) is 11.7. The number of hydrogen-bond donors (Lipinski definition) is 2. The summed E-state index contributed by atoms with van der Waals surface area (Å²) in [6.07, 6.45) is 0. The summed E-state index contributed by atoms with van der Waals surface area (Å²) < 4.78 is 34.0. The second-order valence-corrected chi connectivity index (χ2v) is 9.34. The Kier molecular flexibility index (Phi) is 7.56. The summed E-state index contributed by atoms with van der Waals surface area (Å²) in [6, 6.07) is 14.8. The molecule has 0 bridgehead atoms. The Morgan fingerprint density at radius 1 is 0.903 bits per heavy atom. The van der Waals surface area contributed by atoms with Gasteiger partial charge in [0, 0.05) is 23.3 Å². The molecule has 0 heterocycles. The SMILES string of the molecule is COc1cc(CNc2ccc(S(N)(=O)=O)cc2)c(Cl)cc1OCc1ccc(Cl)c(Cl)c1. The molecule has 0 aromatic heterocycles. The minimum Gasteiger partial charge on any atom is -0.493 e. The van der Waals surface area contributed by atoms with Crippen LogP contribution in [-0.2, 0) is 23.2 Å². The molecule has 3 rings (SSSR count). The number of nitrogens with one attached hydrogen (secondary N) is 1. The maximum Gasteiger partial charge on any atom is 0.238 e. The highest BCUT2D eigenvalue weighted by Crippen LogP contribution is 2.34. The van der Waals surface area contributed by atoms with Gasteiger partial charge >= 0.3 is 0 Å². The predicted molar refractivity (Wildman–Crippen MR) is 124 cm³/mol. The van der Waals surface area contributed by atoms with E-state index >= 15 is 0 Å². The third-order valence-corrected chi connectivity index (χ3v) is 6.40. The summed E-state index contributed by atoms with van der Waals surface area (Å²) in [5, 5.41) is 9.70. The van der Waals surface area contributed by atoms with Crippen LogP contribution in [0, 0.1) is 0 Å². The van der Waals surface area contributed by atoms with Crippen LogP contribution in [0.15, 0.2) is 59.5 Å². The van der Waals surface area contributed by atoms with E-state index in [9.17, 15) is 8.42 Å². The van der Waals surface area contributed by atoms with Gasteiger partial charge in [-0.1, -0.05) is 40.9 Å². The Balaban J connectivity index is 1.70. The van der Waals surface area contributed by atoms with Crippen molar-refractivity contribution in [3.8, 4) is 11.5 Å². The molecule has 0 unspecified atom stereocenters. The van der Waals surface area contributed by atoms with Crippen LogP contribution in [0.1, 0.15) is 11.1 Å². The number of halogens is 3. The van der Waals surface area contributed by atoms with Gasteiger partial charge in [0.05, 0.1) is 22.1 Å². The highest BCUT2D eigenvalue weighted by molar-refractivity contribution is 7.89. The zero-order valence-corrected chi connectivity index (χ0v) is 19.4. The number of sulfonamides is 1. The molecule has 3 aromatic carbocycles. The molecule has 0 spiro atoms. The fourth-order valence-electron chi connectivity index (χ4n) is 2.74. The van der Waals surface area contributed by atoms with Crippen LogP contribution in [0.5, 0.6) is 11.5 Å². The first-order chi connectivity index (χ1) is 14.7. The van der Waals surface area contributed by atoms with Crippen molar-refractivity contribution in [3.05, 3.63) is 80.8 Å². The molecule has 0 radical (unpaired) electrons. The van der Waals surface area contributed by atoms with Crippen molar-refractivity contribution in [2.75, 3.05) is 12.4 Å². The third kappa shape index (κ3) is 6.18. The van der Waals surface area contributed by atoms with Gasteiger partial charge < -0.3 is 14.8 Å². The Bertz CT molecular complexity index is 1190. The Morgan fingerprint density at radius 2 is 1.61 bits per heavy atom. The summed E-state index contributed by atoms with van der Waals surface area (Å²) in [4.78, 5) is 0.0428. The lowest BCUT2D eigenvalue weighted by molar-refractivity contribution is 0.284. The monoisotopic (exact) mass is 500 g/mol. The molecule has 0 aliphatic rings. The first kappa shape index (κ1) is 23.5. The Hall–Kier alpha value is -2.16. The largest absolute Gasteiger partial charge is 0.493 e. The van der Waals surface area contributed by atoms with Crippen molar-refractivity contribution in [1.82, 2.24) is 0 Å². The molecule has 6 nitrogen and oxygen atoms in total. The first-order valence-electron chi connectivity index (χ1n) is 8.97. The number of ether oxygens (including phenoxy) is 2. The van der Waals surface area contributed by atoms with Crippen LogP contribution in [0.3, 0.4) is 0 Å². The summed E-state index contributed by atoms with van der Waals surface area (Å²) in [5.41, 5.74) is 2.33. The summed E-state index contributed by atoms with van der Waals surface area (Å²) >= 11 is 18.4. The normalized spacial score (nSPS) is 11.3. The van der Waals surface area contributed by atoms with Crippen molar-refractivity contribution in [1.29, 1.82) is 0 Å². The number of primary sulfonamides is 1. The minimum atomic E-state index is -3.73. The van der Waals surface area contributed by atoms with Gasteiger partial charge in [0.15, 0.2) is 11.5 Å². The van der Waals surface area contributed by atoms with Crippen LogP contribution < -0.4 is 19.9 Å². The zero-order valence-electron chi connectivity index (χ0n) is 16.4.